The number of amides is 3. The SMILES string of the molecule is CCCCCCN1C(=O)[C@@H](C(C)C)N(/N=C/c2ccccc2)C1=O. The Balaban J connectivity index is 2.11. The highest BCUT2D eigenvalue weighted by atomic mass is 16.2. The Morgan fingerprint density at radius 3 is 2.46 bits per heavy atom. The Kier molecular flexibility index (Phi) is 6.53. The molecular formula is C19H27N3O2. The third-order valence-corrected chi connectivity index (χ3v) is 4.21. The molecule has 0 aliphatic carbocycles. The summed E-state index contributed by atoms with van der Waals surface area (Å²) in [7, 11) is 0. The van der Waals surface area contributed by atoms with Crippen molar-refractivity contribution in [3.8, 4) is 0 Å². The molecule has 5 heteroatoms. The van der Waals surface area contributed by atoms with E-state index in [0.717, 1.165) is 31.2 Å². The van der Waals surface area contributed by atoms with Crippen molar-refractivity contribution in [2.75, 3.05) is 6.54 Å². The lowest BCUT2D eigenvalue weighted by Crippen LogP contribution is -2.35. The van der Waals surface area contributed by atoms with E-state index in [1.807, 2.05) is 44.2 Å². The van der Waals surface area contributed by atoms with Crippen LogP contribution in [0.25, 0.3) is 0 Å². The lowest BCUT2D eigenvalue weighted by molar-refractivity contribution is -0.129. The van der Waals surface area contributed by atoms with E-state index in [4.69, 9.17) is 0 Å². The summed E-state index contributed by atoms with van der Waals surface area (Å²) < 4.78 is 0. The molecule has 24 heavy (non-hydrogen) atoms. The third kappa shape index (κ3) is 4.22. The van der Waals surface area contributed by atoms with Gasteiger partial charge in [-0.3, -0.25) is 9.69 Å². The molecule has 0 radical (unpaired) electrons. The molecule has 3 amide bonds. The number of benzene rings is 1. The van der Waals surface area contributed by atoms with Gasteiger partial charge in [-0.05, 0) is 17.9 Å². The first-order valence-electron chi connectivity index (χ1n) is 8.79. The number of hydrogen-bond acceptors (Lipinski definition) is 3. The molecule has 0 unspecified atom stereocenters. The molecule has 1 heterocycles. The molecule has 5 nitrogen and oxygen atoms in total. The summed E-state index contributed by atoms with van der Waals surface area (Å²) >= 11 is 0. The maximum Gasteiger partial charge on any atom is 0.347 e. The van der Waals surface area contributed by atoms with Crippen LogP contribution in [-0.2, 0) is 4.79 Å². The molecule has 1 aliphatic rings. The summed E-state index contributed by atoms with van der Waals surface area (Å²) in [4.78, 5) is 26.6. The van der Waals surface area contributed by atoms with Gasteiger partial charge >= 0.3 is 6.03 Å². The molecule has 1 fully saturated rings. The van der Waals surface area contributed by atoms with Crippen LogP contribution in [0.5, 0.6) is 0 Å². The average Bonchev–Trinajstić information content (AvgIpc) is 2.81. The van der Waals surface area contributed by atoms with E-state index in [9.17, 15) is 9.59 Å². The van der Waals surface area contributed by atoms with E-state index < -0.39 is 6.04 Å². The number of hydrogen-bond donors (Lipinski definition) is 0. The normalized spacial score (nSPS) is 18.4. The minimum absolute atomic E-state index is 0.0232. The van der Waals surface area contributed by atoms with Crippen LogP contribution in [-0.4, -0.2) is 40.6 Å². The maximum atomic E-state index is 12.6. The maximum absolute atomic E-state index is 12.6. The first kappa shape index (κ1) is 18.2. The topological polar surface area (TPSA) is 53.0 Å². The van der Waals surface area contributed by atoms with Crippen LogP contribution in [0.2, 0.25) is 0 Å². The number of nitrogens with zero attached hydrogens (tertiary/aromatic N) is 3. The molecule has 0 aromatic heterocycles. The number of unbranched alkanes of at least 4 members (excludes halogenated alkanes) is 3. The molecule has 0 N–H and O–H groups in total. The van der Waals surface area contributed by atoms with Gasteiger partial charge in [0.2, 0.25) is 0 Å². The van der Waals surface area contributed by atoms with Crippen molar-refractivity contribution in [2.24, 2.45) is 11.0 Å². The third-order valence-electron chi connectivity index (χ3n) is 4.21. The lowest BCUT2D eigenvalue weighted by Gasteiger charge is -2.18. The van der Waals surface area contributed by atoms with E-state index in [-0.39, 0.29) is 17.9 Å². The number of hydrazone groups is 1. The smallest absolute Gasteiger partial charge is 0.272 e. The number of carbonyl (C=O) groups is 2. The highest BCUT2D eigenvalue weighted by molar-refractivity contribution is 6.04. The minimum atomic E-state index is -0.511. The van der Waals surface area contributed by atoms with Gasteiger partial charge in [0.1, 0.15) is 6.04 Å². The Morgan fingerprint density at radius 2 is 1.83 bits per heavy atom. The molecule has 1 aromatic carbocycles. The second-order valence-corrected chi connectivity index (χ2v) is 6.52. The fourth-order valence-electron chi connectivity index (χ4n) is 2.86. The lowest BCUT2D eigenvalue weighted by atomic mass is 10.0. The van der Waals surface area contributed by atoms with Crippen LogP contribution in [0.3, 0.4) is 0 Å². The number of imide groups is 1. The number of rotatable bonds is 8. The molecular weight excluding hydrogens is 302 g/mol. The van der Waals surface area contributed by atoms with Crippen molar-refractivity contribution in [1.82, 2.24) is 9.91 Å². The first-order chi connectivity index (χ1) is 11.6. The zero-order valence-electron chi connectivity index (χ0n) is 14.8. The van der Waals surface area contributed by atoms with E-state index in [1.165, 1.54) is 9.91 Å². The van der Waals surface area contributed by atoms with Gasteiger partial charge in [-0.2, -0.15) is 5.10 Å². The highest BCUT2D eigenvalue weighted by Gasteiger charge is 2.46. The van der Waals surface area contributed by atoms with E-state index in [0.29, 0.717) is 6.54 Å². The molecule has 1 saturated heterocycles. The van der Waals surface area contributed by atoms with Gasteiger partial charge in [0, 0.05) is 6.54 Å². The van der Waals surface area contributed by atoms with Gasteiger partial charge in [-0.25, -0.2) is 9.80 Å². The van der Waals surface area contributed by atoms with Gasteiger partial charge in [-0.15, -0.1) is 0 Å². The van der Waals surface area contributed by atoms with E-state index in [1.54, 1.807) is 6.21 Å². The van der Waals surface area contributed by atoms with Crippen LogP contribution in [0.4, 0.5) is 4.79 Å². The zero-order chi connectivity index (χ0) is 17.5. The molecule has 2 rings (SSSR count). The first-order valence-corrected chi connectivity index (χ1v) is 8.79. The van der Waals surface area contributed by atoms with Gasteiger partial charge in [0.05, 0.1) is 6.21 Å². The van der Waals surface area contributed by atoms with Crippen LogP contribution in [0, 0.1) is 5.92 Å². The minimum Gasteiger partial charge on any atom is -0.272 e. The summed E-state index contributed by atoms with van der Waals surface area (Å²) in [6, 6.07) is 8.77. The van der Waals surface area contributed by atoms with Gasteiger partial charge in [-0.1, -0.05) is 70.4 Å². The molecule has 1 aliphatic heterocycles. The van der Waals surface area contributed by atoms with Crippen LogP contribution in [0.15, 0.2) is 35.4 Å². The summed E-state index contributed by atoms with van der Waals surface area (Å²) in [5.41, 5.74) is 0.904. The second kappa shape index (κ2) is 8.62. The monoisotopic (exact) mass is 329 g/mol. The highest BCUT2D eigenvalue weighted by Crippen LogP contribution is 2.24. The summed E-state index contributed by atoms with van der Waals surface area (Å²) in [6.45, 7) is 6.52. The molecule has 0 saturated carbocycles. The average molecular weight is 329 g/mol. The predicted octanol–water partition coefficient (Wildman–Crippen LogP) is 3.89. The van der Waals surface area contributed by atoms with Crippen molar-refractivity contribution in [3.63, 3.8) is 0 Å². The largest absolute Gasteiger partial charge is 0.347 e. The van der Waals surface area contributed by atoms with Crippen molar-refractivity contribution in [1.29, 1.82) is 0 Å². The Morgan fingerprint density at radius 1 is 1.12 bits per heavy atom. The fraction of sp³-hybridized carbons (Fsp3) is 0.526. The number of urea groups is 1. The molecule has 0 spiro atoms. The quantitative estimate of drug-likeness (QED) is 0.413. The fourth-order valence-corrected chi connectivity index (χ4v) is 2.86. The molecule has 1 aromatic rings. The van der Waals surface area contributed by atoms with Crippen molar-refractivity contribution in [2.45, 2.75) is 52.5 Å². The summed E-state index contributed by atoms with van der Waals surface area (Å²) in [6.07, 6.45) is 5.78. The number of carbonyl (C=O) groups excluding carboxylic acids is 2. The van der Waals surface area contributed by atoms with Gasteiger partial charge < -0.3 is 0 Å². The van der Waals surface area contributed by atoms with Crippen molar-refractivity contribution < 1.29 is 9.59 Å². The zero-order valence-corrected chi connectivity index (χ0v) is 14.8. The van der Waals surface area contributed by atoms with Crippen LogP contribution < -0.4 is 0 Å². The van der Waals surface area contributed by atoms with Crippen LogP contribution in [0.1, 0.15) is 52.0 Å². The standard InChI is InChI=1S/C19H27N3O2/c1-4-5-6-10-13-21-18(23)17(15(2)3)22(19(21)24)20-14-16-11-8-7-9-12-16/h7-9,11-12,14-15,17H,4-6,10,13H2,1-3H3/b20-14+/t17-/m1/s1. The Labute approximate surface area is 144 Å². The summed E-state index contributed by atoms with van der Waals surface area (Å²) in [5, 5.41) is 5.67. The van der Waals surface area contributed by atoms with E-state index >= 15 is 0 Å². The second-order valence-electron chi connectivity index (χ2n) is 6.52. The van der Waals surface area contributed by atoms with Gasteiger partial charge in [0.25, 0.3) is 5.91 Å². The Bertz CT molecular complexity index is 584. The van der Waals surface area contributed by atoms with Crippen molar-refractivity contribution >= 4 is 18.2 Å². The van der Waals surface area contributed by atoms with Gasteiger partial charge in [0.15, 0.2) is 0 Å². The summed E-state index contributed by atoms with van der Waals surface area (Å²) in [5.74, 6) is -0.105. The molecule has 0 bridgehead atoms. The van der Waals surface area contributed by atoms with Crippen molar-refractivity contribution in [3.05, 3.63) is 35.9 Å². The predicted molar refractivity (Wildman–Crippen MR) is 95.8 cm³/mol. The van der Waals surface area contributed by atoms with Crippen LogP contribution >= 0.6 is 0 Å². The Hall–Kier alpha value is -2.17. The molecule has 130 valence electrons. The molecule has 1 atom stereocenters. The van der Waals surface area contributed by atoms with E-state index in [2.05, 4.69) is 12.0 Å².